The summed E-state index contributed by atoms with van der Waals surface area (Å²) in [5.41, 5.74) is 1.13. The van der Waals surface area contributed by atoms with Crippen LogP contribution in [-0.2, 0) is 16.0 Å². The number of carbonyl (C=O) groups is 1. The first-order chi connectivity index (χ1) is 15.8. The zero-order valence-corrected chi connectivity index (χ0v) is 18.4. The smallest absolute Gasteiger partial charge is 0.222 e. The van der Waals surface area contributed by atoms with E-state index in [-0.39, 0.29) is 12.8 Å². The van der Waals surface area contributed by atoms with E-state index in [1.807, 2.05) is 0 Å². The molecule has 2 heterocycles. The molecule has 0 aliphatic carbocycles. The molecule has 3 rings (SSSR count). The summed E-state index contributed by atoms with van der Waals surface area (Å²) in [6.45, 7) is -0.582. The van der Waals surface area contributed by atoms with Gasteiger partial charge >= 0.3 is 0 Å². The first-order valence-electron chi connectivity index (χ1n) is 10.1. The Morgan fingerprint density at radius 1 is 1.09 bits per heavy atom. The number of methoxy groups -OCH3 is 3. The third kappa shape index (κ3) is 5.34. The van der Waals surface area contributed by atoms with E-state index in [1.54, 1.807) is 18.3 Å². The topological polar surface area (TPSA) is 178 Å². The Balaban J connectivity index is 1.63. The van der Waals surface area contributed by atoms with Crippen LogP contribution < -0.4 is 19.5 Å². The monoisotopic (exact) mass is 468 g/mol. The molecule has 0 bridgehead atoms. The molecule has 1 amide bonds. The van der Waals surface area contributed by atoms with Gasteiger partial charge in [0, 0.05) is 25.0 Å². The number of carbonyl (C=O) groups excluding carboxylic acids is 1. The second kappa shape index (κ2) is 10.8. The van der Waals surface area contributed by atoms with E-state index in [2.05, 4.69) is 15.6 Å². The molecule has 1 aliphatic heterocycles. The fourth-order valence-electron chi connectivity index (χ4n) is 3.43. The average Bonchev–Trinajstić information content (AvgIpc) is 3.31. The van der Waals surface area contributed by atoms with Crippen molar-refractivity contribution in [3.63, 3.8) is 0 Å². The fraction of sp³-hybridized carbons (Fsp3) is 0.550. The highest BCUT2D eigenvalue weighted by molar-refractivity contribution is 5.76. The van der Waals surface area contributed by atoms with Crippen LogP contribution in [0.2, 0.25) is 0 Å². The lowest BCUT2D eigenvalue weighted by Gasteiger charge is -2.40. The standard InChI is InChI=1S/C20H28N4O9/c1-30-12-6-11(7-13(31-2)19(12)32-3)24-8-10(22-23-24)4-5-15(26)21-20-18(29)17(28)16(27)14(9-25)33-20/h6-8,14,16-18,20,25,27-29H,4-5,9H2,1-3H3,(H,21,26)/t14?,16-,17?,18?,20-/m1/s1. The minimum atomic E-state index is -1.57. The number of ether oxygens (including phenoxy) is 4. The van der Waals surface area contributed by atoms with Crippen LogP contribution in [0.1, 0.15) is 12.1 Å². The van der Waals surface area contributed by atoms with Crippen molar-refractivity contribution in [3.8, 4) is 22.9 Å². The first kappa shape index (κ1) is 24.7. The lowest BCUT2D eigenvalue weighted by molar-refractivity contribution is -0.235. The molecular weight excluding hydrogens is 440 g/mol. The van der Waals surface area contributed by atoms with Crippen molar-refractivity contribution < 1.29 is 44.2 Å². The number of hydrogen-bond acceptors (Lipinski definition) is 11. The molecule has 13 nitrogen and oxygen atoms in total. The van der Waals surface area contributed by atoms with Crippen molar-refractivity contribution in [2.75, 3.05) is 27.9 Å². The Morgan fingerprint density at radius 3 is 2.33 bits per heavy atom. The number of aromatic nitrogens is 3. The molecule has 3 unspecified atom stereocenters. The van der Waals surface area contributed by atoms with Crippen LogP contribution in [0.25, 0.3) is 5.69 Å². The van der Waals surface area contributed by atoms with Crippen LogP contribution in [0.15, 0.2) is 18.3 Å². The predicted octanol–water partition coefficient (Wildman–Crippen LogP) is -1.86. The van der Waals surface area contributed by atoms with E-state index >= 15 is 0 Å². The van der Waals surface area contributed by atoms with E-state index in [4.69, 9.17) is 18.9 Å². The maximum atomic E-state index is 12.3. The van der Waals surface area contributed by atoms with Crippen LogP contribution in [0.5, 0.6) is 17.2 Å². The quantitative estimate of drug-likeness (QED) is 0.279. The maximum Gasteiger partial charge on any atom is 0.222 e. The number of nitrogens with one attached hydrogen (secondary N) is 1. The number of aliphatic hydroxyl groups excluding tert-OH is 4. The van der Waals surface area contributed by atoms with Crippen LogP contribution in [-0.4, -0.2) is 99.9 Å². The summed E-state index contributed by atoms with van der Waals surface area (Å²) in [5, 5.41) is 49.4. The molecule has 0 saturated carbocycles. The van der Waals surface area contributed by atoms with Crippen molar-refractivity contribution in [2.45, 2.75) is 43.5 Å². The summed E-state index contributed by atoms with van der Waals surface area (Å²) in [6.07, 6.45) is -5.14. The van der Waals surface area contributed by atoms with E-state index in [9.17, 15) is 25.2 Å². The zero-order valence-electron chi connectivity index (χ0n) is 18.4. The van der Waals surface area contributed by atoms with E-state index in [1.165, 1.54) is 26.0 Å². The molecule has 1 saturated heterocycles. The molecular formula is C20H28N4O9. The van der Waals surface area contributed by atoms with Gasteiger partial charge in [-0.25, -0.2) is 4.68 Å². The van der Waals surface area contributed by atoms with E-state index in [0.717, 1.165) is 0 Å². The van der Waals surface area contributed by atoms with Crippen molar-refractivity contribution in [3.05, 3.63) is 24.0 Å². The Labute approximate surface area is 189 Å². The van der Waals surface area contributed by atoms with Gasteiger partial charge in [0.1, 0.15) is 24.4 Å². The van der Waals surface area contributed by atoms with Crippen molar-refractivity contribution in [2.24, 2.45) is 0 Å². The minimum Gasteiger partial charge on any atom is -0.493 e. The summed E-state index contributed by atoms with van der Waals surface area (Å²) in [4.78, 5) is 12.3. The molecule has 2 aromatic rings. The summed E-state index contributed by atoms with van der Waals surface area (Å²) >= 11 is 0. The average molecular weight is 468 g/mol. The van der Waals surface area contributed by atoms with Gasteiger partial charge in [-0.05, 0) is 0 Å². The van der Waals surface area contributed by atoms with Gasteiger partial charge in [0.15, 0.2) is 17.7 Å². The second-order valence-electron chi connectivity index (χ2n) is 7.35. The summed E-state index contributed by atoms with van der Waals surface area (Å²) in [5.74, 6) is 0.848. The molecule has 33 heavy (non-hydrogen) atoms. The number of nitrogens with zero attached hydrogens (tertiary/aromatic N) is 3. The lowest BCUT2D eigenvalue weighted by atomic mass is 9.98. The zero-order chi connectivity index (χ0) is 24.1. The number of benzene rings is 1. The molecule has 1 fully saturated rings. The third-order valence-electron chi connectivity index (χ3n) is 5.26. The summed E-state index contributed by atoms with van der Waals surface area (Å²) in [6, 6.07) is 3.40. The van der Waals surface area contributed by atoms with E-state index in [0.29, 0.717) is 28.6 Å². The summed E-state index contributed by atoms with van der Waals surface area (Å²) < 4.78 is 22.7. The lowest BCUT2D eigenvalue weighted by Crippen LogP contribution is -2.63. The van der Waals surface area contributed by atoms with Crippen LogP contribution in [0, 0.1) is 0 Å². The second-order valence-corrected chi connectivity index (χ2v) is 7.35. The van der Waals surface area contributed by atoms with Crippen LogP contribution in [0.3, 0.4) is 0 Å². The predicted molar refractivity (Wildman–Crippen MR) is 111 cm³/mol. The van der Waals surface area contributed by atoms with Gasteiger partial charge < -0.3 is 44.7 Å². The molecule has 182 valence electrons. The summed E-state index contributed by atoms with van der Waals surface area (Å²) in [7, 11) is 4.51. The third-order valence-corrected chi connectivity index (χ3v) is 5.26. The molecule has 1 aromatic heterocycles. The molecule has 1 aliphatic rings. The fourth-order valence-corrected chi connectivity index (χ4v) is 3.43. The van der Waals surface area contributed by atoms with Crippen molar-refractivity contribution >= 4 is 5.91 Å². The highest BCUT2D eigenvalue weighted by atomic mass is 16.6. The number of amides is 1. The molecule has 0 radical (unpaired) electrons. The van der Waals surface area contributed by atoms with Gasteiger partial charge in [-0.2, -0.15) is 0 Å². The number of aliphatic hydroxyl groups is 4. The van der Waals surface area contributed by atoms with Gasteiger partial charge in [-0.3, -0.25) is 4.79 Å². The van der Waals surface area contributed by atoms with Crippen molar-refractivity contribution in [1.82, 2.24) is 20.3 Å². The SMILES string of the molecule is COc1cc(-n2cc(CCC(=O)N[C@@H]3OC(CO)[C@@H](O)C(O)C3O)nn2)cc(OC)c1OC. The first-order valence-corrected chi connectivity index (χ1v) is 10.1. The maximum absolute atomic E-state index is 12.3. The molecule has 5 atom stereocenters. The Morgan fingerprint density at radius 2 is 1.76 bits per heavy atom. The molecule has 5 N–H and O–H groups in total. The van der Waals surface area contributed by atoms with Crippen LogP contribution in [0.4, 0.5) is 0 Å². The van der Waals surface area contributed by atoms with E-state index < -0.39 is 43.2 Å². The minimum absolute atomic E-state index is 0.0109. The highest BCUT2D eigenvalue weighted by Gasteiger charge is 2.43. The number of hydrogen-bond donors (Lipinski definition) is 5. The van der Waals surface area contributed by atoms with Gasteiger partial charge in [-0.1, -0.05) is 5.21 Å². The Bertz CT molecular complexity index is 926. The largest absolute Gasteiger partial charge is 0.493 e. The van der Waals surface area contributed by atoms with Crippen molar-refractivity contribution in [1.29, 1.82) is 0 Å². The van der Waals surface area contributed by atoms with Gasteiger partial charge in [-0.15, -0.1) is 5.10 Å². The highest BCUT2D eigenvalue weighted by Crippen LogP contribution is 2.39. The number of aryl methyl sites for hydroxylation is 1. The Hall–Kier alpha value is -2.97. The molecule has 13 heteroatoms. The van der Waals surface area contributed by atoms with Gasteiger partial charge in [0.25, 0.3) is 0 Å². The molecule has 1 aromatic carbocycles. The molecule has 0 spiro atoms. The van der Waals surface area contributed by atoms with Crippen LogP contribution >= 0.6 is 0 Å². The Kier molecular flexibility index (Phi) is 8.05. The normalized spacial score (nSPS) is 24.9. The number of rotatable bonds is 9. The van der Waals surface area contributed by atoms with Gasteiger partial charge in [0.2, 0.25) is 11.7 Å². The van der Waals surface area contributed by atoms with Gasteiger partial charge in [0.05, 0.1) is 45.5 Å².